The van der Waals surface area contributed by atoms with Crippen LogP contribution >= 0.6 is 0 Å². The lowest BCUT2D eigenvalue weighted by Gasteiger charge is -2.14. The Morgan fingerprint density at radius 1 is 0.865 bits per heavy atom. The molecule has 0 unspecified atom stereocenters. The van der Waals surface area contributed by atoms with Crippen LogP contribution in [0.2, 0.25) is 0 Å². The van der Waals surface area contributed by atoms with Gasteiger partial charge in [-0.1, -0.05) is 49.7 Å². The molecule has 0 aliphatic carbocycles. The fraction of sp³-hybridized carbons (Fsp3) is 0.414. The molecule has 0 atom stereocenters. The highest BCUT2D eigenvalue weighted by Gasteiger charge is 2.18. The van der Waals surface area contributed by atoms with E-state index in [-0.39, 0.29) is 5.69 Å². The molecule has 0 amide bonds. The van der Waals surface area contributed by atoms with Crippen molar-refractivity contribution in [2.45, 2.75) is 52.2 Å². The number of hydrogen-bond acceptors (Lipinski definition) is 6. The van der Waals surface area contributed by atoms with Gasteiger partial charge in [0.05, 0.1) is 33.0 Å². The Morgan fingerprint density at radius 3 is 2.14 bits per heavy atom. The fourth-order valence-corrected chi connectivity index (χ4v) is 4.80. The summed E-state index contributed by atoms with van der Waals surface area (Å²) in [6, 6.07) is 16.6. The third-order valence-corrected chi connectivity index (χ3v) is 6.93. The molecule has 8 nitrogen and oxygen atoms in total. The first-order valence-electron chi connectivity index (χ1n) is 13.2. The Balaban J connectivity index is 1.44. The zero-order valence-corrected chi connectivity index (χ0v) is 21.7. The Bertz CT molecular complexity index is 1370. The molecule has 0 N–H and O–H groups in total. The van der Waals surface area contributed by atoms with E-state index in [0.717, 1.165) is 36.3 Å². The summed E-state index contributed by atoms with van der Waals surface area (Å²) in [6.07, 6.45) is 6.23. The monoisotopic (exact) mass is 501 g/mol. The van der Waals surface area contributed by atoms with Crippen molar-refractivity contribution in [3.05, 3.63) is 81.9 Å². The molecule has 1 aliphatic heterocycles. The van der Waals surface area contributed by atoms with E-state index in [1.54, 1.807) is 22.4 Å². The number of unbranched alkanes of at least 4 members (excludes halogenated alkanes) is 1. The number of nitrogens with zero attached hydrogens (tertiary/aromatic N) is 5. The molecule has 37 heavy (non-hydrogen) atoms. The number of imidazole rings is 1. The summed E-state index contributed by atoms with van der Waals surface area (Å²) in [5.74, 6) is 0.778. The normalized spacial score (nSPS) is 13.9. The van der Waals surface area contributed by atoms with Crippen LogP contribution in [0.1, 0.15) is 49.3 Å². The van der Waals surface area contributed by atoms with Gasteiger partial charge in [-0.05, 0) is 61.2 Å². The summed E-state index contributed by atoms with van der Waals surface area (Å²) >= 11 is 0. The molecule has 2 aromatic heterocycles. The van der Waals surface area contributed by atoms with Gasteiger partial charge >= 0.3 is 11.7 Å². The topological polar surface area (TPSA) is 74.4 Å². The largest absolute Gasteiger partial charge is 0.497 e. The van der Waals surface area contributed by atoms with E-state index in [4.69, 9.17) is 9.47 Å². The van der Waals surface area contributed by atoms with Crippen molar-refractivity contribution in [3.63, 3.8) is 0 Å². The Labute approximate surface area is 217 Å². The summed E-state index contributed by atoms with van der Waals surface area (Å²) in [7, 11) is 1.64. The van der Waals surface area contributed by atoms with Crippen LogP contribution in [-0.2, 0) is 19.6 Å². The summed E-state index contributed by atoms with van der Waals surface area (Å²) in [4.78, 5) is 25.2. The lowest BCUT2D eigenvalue weighted by Crippen LogP contribution is -2.25. The van der Waals surface area contributed by atoms with Crippen LogP contribution < -0.4 is 15.2 Å². The molecule has 1 fully saturated rings. The van der Waals surface area contributed by atoms with E-state index < -0.39 is 0 Å². The van der Waals surface area contributed by atoms with E-state index >= 15 is 0 Å². The smallest absolute Gasteiger partial charge is 0.331 e. The van der Waals surface area contributed by atoms with Gasteiger partial charge in [-0.3, -0.25) is 14.0 Å². The molecule has 4 aromatic rings. The summed E-state index contributed by atoms with van der Waals surface area (Å²) in [6.45, 7) is 6.84. The van der Waals surface area contributed by atoms with Gasteiger partial charge < -0.3 is 9.47 Å². The minimum Gasteiger partial charge on any atom is -0.497 e. The van der Waals surface area contributed by atoms with Crippen molar-refractivity contribution in [3.8, 4) is 11.8 Å². The molecule has 0 bridgehead atoms. The van der Waals surface area contributed by atoms with Gasteiger partial charge in [-0.15, -0.1) is 0 Å². The highest BCUT2D eigenvalue weighted by Crippen LogP contribution is 2.19. The average molecular weight is 502 g/mol. The van der Waals surface area contributed by atoms with Crippen molar-refractivity contribution in [2.75, 3.05) is 26.8 Å². The number of fused-ring (bicyclic) bond motifs is 1. The fourth-order valence-electron chi connectivity index (χ4n) is 4.80. The van der Waals surface area contributed by atoms with Gasteiger partial charge in [-0.2, -0.15) is 4.98 Å². The van der Waals surface area contributed by atoms with E-state index in [0.29, 0.717) is 36.9 Å². The zero-order valence-electron chi connectivity index (χ0n) is 21.7. The molecule has 0 saturated carbocycles. The first kappa shape index (κ1) is 25.0. The lowest BCUT2D eigenvalue weighted by molar-refractivity contribution is 0.286. The van der Waals surface area contributed by atoms with Crippen molar-refractivity contribution < 1.29 is 9.47 Å². The molecule has 0 spiro atoms. The van der Waals surface area contributed by atoms with Crippen LogP contribution in [0.3, 0.4) is 0 Å². The summed E-state index contributed by atoms with van der Waals surface area (Å²) < 4.78 is 14.5. The Kier molecular flexibility index (Phi) is 7.84. The maximum Gasteiger partial charge on any atom is 0.331 e. The maximum absolute atomic E-state index is 13.7. The molecule has 5 rings (SSSR count). The third kappa shape index (κ3) is 5.85. The highest BCUT2D eigenvalue weighted by molar-refractivity contribution is 5.71. The van der Waals surface area contributed by atoms with Crippen LogP contribution in [0, 0.1) is 0 Å². The first-order chi connectivity index (χ1) is 18.1. The van der Waals surface area contributed by atoms with Gasteiger partial charge in [0, 0.05) is 6.54 Å². The summed E-state index contributed by atoms with van der Waals surface area (Å²) in [5, 5.41) is 0. The third-order valence-electron chi connectivity index (χ3n) is 6.93. The molecular weight excluding hydrogens is 466 g/mol. The van der Waals surface area contributed by atoms with Crippen molar-refractivity contribution in [2.24, 2.45) is 0 Å². The Hall–Kier alpha value is -3.65. The first-order valence-corrected chi connectivity index (χ1v) is 13.2. The molecule has 194 valence electrons. The van der Waals surface area contributed by atoms with Crippen LogP contribution in [-0.4, -0.2) is 50.8 Å². The highest BCUT2D eigenvalue weighted by atomic mass is 16.5. The quantitative estimate of drug-likeness (QED) is 0.282. The van der Waals surface area contributed by atoms with Crippen molar-refractivity contribution >= 4 is 11.2 Å². The molecule has 8 heteroatoms. The minimum atomic E-state index is -0.119. The van der Waals surface area contributed by atoms with E-state index in [1.807, 2.05) is 24.3 Å². The molecular formula is C29H35N5O3. The number of benzene rings is 2. The lowest BCUT2D eigenvalue weighted by atomic mass is 10.1. The molecule has 3 heterocycles. The van der Waals surface area contributed by atoms with Crippen molar-refractivity contribution in [1.29, 1.82) is 0 Å². The second-order valence-electron chi connectivity index (χ2n) is 9.67. The van der Waals surface area contributed by atoms with Gasteiger partial charge in [0.25, 0.3) is 0 Å². The predicted octanol–water partition coefficient (Wildman–Crippen LogP) is 4.47. The molecule has 0 radical (unpaired) electrons. The summed E-state index contributed by atoms with van der Waals surface area (Å²) in [5.41, 5.74) is 4.51. The maximum atomic E-state index is 13.7. The van der Waals surface area contributed by atoms with Gasteiger partial charge in [0.2, 0.25) is 0 Å². The molecule has 1 saturated heterocycles. The predicted molar refractivity (Wildman–Crippen MR) is 144 cm³/mol. The number of rotatable bonds is 11. The van der Waals surface area contributed by atoms with Crippen LogP contribution in [0.5, 0.6) is 11.8 Å². The van der Waals surface area contributed by atoms with Crippen molar-refractivity contribution in [1.82, 2.24) is 24.0 Å². The van der Waals surface area contributed by atoms with Crippen LogP contribution in [0.15, 0.2) is 59.5 Å². The number of hydrogen-bond donors (Lipinski definition) is 0. The van der Waals surface area contributed by atoms with E-state index in [2.05, 4.69) is 46.1 Å². The van der Waals surface area contributed by atoms with Gasteiger partial charge in [-0.25, -0.2) is 9.78 Å². The number of likely N-dealkylation sites (tertiary alicyclic amines) is 1. The SMILES string of the molecule is CCCCOc1ncc2c(n1)n(Cc1ccc(OC)cc1)c(=O)n2Cc1ccc(CN2CCCC2)cc1. The van der Waals surface area contributed by atoms with Gasteiger partial charge in [0.1, 0.15) is 11.3 Å². The average Bonchev–Trinajstić information content (AvgIpc) is 3.53. The van der Waals surface area contributed by atoms with Crippen LogP contribution in [0.25, 0.3) is 11.2 Å². The second kappa shape index (κ2) is 11.6. The van der Waals surface area contributed by atoms with E-state index in [9.17, 15) is 4.79 Å². The standard InChI is InChI=1S/C29H35N5O3/c1-3-4-17-37-28-30-18-26-27(31-28)34(21-24-11-13-25(36-2)14-12-24)29(35)33(26)20-23-9-7-22(8-10-23)19-32-15-5-6-16-32/h7-14,18H,3-6,15-17,19-21H2,1-2H3. The minimum absolute atomic E-state index is 0.119. The zero-order chi connectivity index (χ0) is 25.6. The number of aromatic nitrogens is 4. The molecule has 2 aromatic carbocycles. The van der Waals surface area contributed by atoms with E-state index in [1.165, 1.54) is 31.5 Å². The number of methoxy groups -OCH3 is 1. The Morgan fingerprint density at radius 2 is 1.49 bits per heavy atom. The van der Waals surface area contributed by atoms with Gasteiger partial charge in [0.15, 0.2) is 5.65 Å². The molecule has 1 aliphatic rings. The second-order valence-corrected chi connectivity index (χ2v) is 9.67. The van der Waals surface area contributed by atoms with Crippen LogP contribution in [0.4, 0.5) is 0 Å². The number of ether oxygens (including phenoxy) is 2.